The number of aromatic nitrogens is 3. The number of carbonyl (C=O) groups excluding carboxylic acids is 1. The lowest BCUT2D eigenvalue weighted by atomic mass is 10.0. The van der Waals surface area contributed by atoms with Crippen molar-refractivity contribution < 1.29 is 18.0 Å². The molecule has 2 heterocycles. The molecule has 2 aromatic heterocycles. The van der Waals surface area contributed by atoms with Gasteiger partial charge in [-0.2, -0.15) is 18.3 Å². The summed E-state index contributed by atoms with van der Waals surface area (Å²) in [5.41, 5.74) is -0.242. The number of halogens is 3. The Morgan fingerprint density at radius 3 is 2.76 bits per heavy atom. The van der Waals surface area contributed by atoms with Gasteiger partial charge in [-0.1, -0.05) is 12.1 Å². The van der Waals surface area contributed by atoms with E-state index in [2.05, 4.69) is 10.1 Å². The molecule has 0 aliphatic rings. The number of rotatable bonds is 2. The molecule has 3 rings (SSSR count). The molecule has 0 atom stereocenters. The average Bonchev–Trinajstić information content (AvgIpc) is 2.90. The van der Waals surface area contributed by atoms with E-state index in [1.807, 2.05) is 0 Å². The smallest absolute Gasteiger partial charge is 0.288 e. The van der Waals surface area contributed by atoms with Crippen molar-refractivity contribution in [2.45, 2.75) is 6.18 Å². The van der Waals surface area contributed by atoms with E-state index >= 15 is 0 Å². The summed E-state index contributed by atoms with van der Waals surface area (Å²) in [5.74, 6) is -0.524. The molecule has 21 heavy (non-hydrogen) atoms. The molecule has 0 bridgehead atoms. The minimum atomic E-state index is -4.49. The van der Waals surface area contributed by atoms with Crippen LogP contribution in [0.25, 0.3) is 5.52 Å². The Bertz CT molecular complexity index is 823. The highest BCUT2D eigenvalue weighted by Crippen LogP contribution is 2.30. The fourth-order valence-electron chi connectivity index (χ4n) is 2.00. The molecule has 0 amide bonds. The van der Waals surface area contributed by atoms with Crippen molar-refractivity contribution in [2.75, 3.05) is 0 Å². The zero-order valence-electron chi connectivity index (χ0n) is 10.5. The highest BCUT2D eigenvalue weighted by Gasteiger charge is 2.31. The van der Waals surface area contributed by atoms with Crippen LogP contribution < -0.4 is 0 Å². The molecule has 0 fully saturated rings. The van der Waals surface area contributed by atoms with Crippen molar-refractivity contribution >= 4 is 11.3 Å². The third kappa shape index (κ3) is 2.37. The Hall–Kier alpha value is -2.70. The van der Waals surface area contributed by atoms with E-state index in [4.69, 9.17) is 0 Å². The van der Waals surface area contributed by atoms with Gasteiger partial charge in [0.05, 0.1) is 29.0 Å². The lowest BCUT2D eigenvalue weighted by Crippen LogP contribution is -2.08. The highest BCUT2D eigenvalue weighted by atomic mass is 19.4. The zero-order chi connectivity index (χ0) is 15.0. The second kappa shape index (κ2) is 4.69. The normalized spacial score (nSPS) is 11.8. The summed E-state index contributed by atoms with van der Waals surface area (Å²) in [6.45, 7) is 0. The first-order chi connectivity index (χ1) is 9.97. The fraction of sp³-hybridized carbons (Fsp3) is 0.0714. The Kier molecular flexibility index (Phi) is 2.97. The van der Waals surface area contributed by atoms with E-state index in [1.54, 1.807) is 6.20 Å². The molecule has 106 valence electrons. The summed E-state index contributed by atoms with van der Waals surface area (Å²) in [6, 6.07) is 4.31. The molecule has 0 unspecified atom stereocenters. The standard InChI is InChI=1S/C14H8F3N3O/c15-14(16,17)10-3-1-2-9(6-10)13(21)11-7-19-20-5-4-18-8-12(11)20/h1-8H. The van der Waals surface area contributed by atoms with Crippen LogP contribution in [-0.4, -0.2) is 20.4 Å². The third-order valence-corrected chi connectivity index (χ3v) is 3.02. The molecular formula is C14H8F3N3O. The van der Waals surface area contributed by atoms with Crippen LogP contribution in [-0.2, 0) is 6.18 Å². The molecule has 7 heteroatoms. The third-order valence-electron chi connectivity index (χ3n) is 3.02. The summed E-state index contributed by atoms with van der Waals surface area (Å²) in [4.78, 5) is 16.2. The van der Waals surface area contributed by atoms with Gasteiger partial charge in [0, 0.05) is 18.0 Å². The van der Waals surface area contributed by atoms with Crippen molar-refractivity contribution in [3.05, 3.63) is 65.7 Å². The number of ketones is 1. The molecule has 0 N–H and O–H groups in total. The maximum Gasteiger partial charge on any atom is 0.416 e. The lowest BCUT2D eigenvalue weighted by molar-refractivity contribution is -0.137. The number of benzene rings is 1. The number of nitrogens with zero attached hydrogens (tertiary/aromatic N) is 3. The van der Waals surface area contributed by atoms with Gasteiger partial charge in [0.1, 0.15) is 0 Å². The topological polar surface area (TPSA) is 47.3 Å². The zero-order valence-corrected chi connectivity index (χ0v) is 10.5. The van der Waals surface area contributed by atoms with E-state index in [0.717, 1.165) is 12.1 Å². The van der Waals surface area contributed by atoms with Gasteiger partial charge in [0.25, 0.3) is 0 Å². The lowest BCUT2D eigenvalue weighted by Gasteiger charge is -2.07. The Morgan fingerprint density at radius 2 is 2.00 bits per heavy atom. The summed E-state index contributed by atoms with van der Waals surface area (Å²) in [6.07, 6.45) is 1.32. The van der Waals surface area contributed by atoms with Crippen molar-refractivity contribution in [3.63, 3.8) is 0 Å². The monoisotopic (exact) mass is 291 g/mol. The Labute approximate surface area is 116 Å². The predicted octanol–water partition coefficient (Wildman–Crippen LogP) is 2.98. The summed E-state index contributed by atoms with van der Waals surface area (Å²) >= 11 is 0. The highest BCUT2D eigenvalue weighted by molar-refractivity contribution is 6.13. The van der Waals surface area contributed by atoms with E-state index in [1.165, 1.54) is 35.2 Å². The quantitative estimate of drug-likeness (QED) is 0.682. The molecule has 0 radical (unpaired) electrons. The first-order valence-electron chi connectivity index (χ1n) is 5.96. The van der Waals surface area contributed by atoms with Gasteiger partial charge in [-0.05, 0) is 12.1 Å². The molecule has 0 aliphatic heterocycles. The number of alkyl halides is 3. The summed E-state index contributed by atoms with van der Waals surface area (Å²) in [5, 5.41) is 3.97. The summed E-state index contributed by atoms with van der Waals surface area (Å²) < 4.78 is 39.5. The van der Waals surface area contributed by atoms with Crippen molar-refractivity contribution in [1.82, 2.24) is 14.6 Å². The van der Waals surface area contributed by atoms with Gasteiger partial charge in [-0.15, -0.1) is 0 Å². The second-order valence-corrected chi connectivity index (χ2v) is 4.37. The van der Waals surface area contributed by atoms with Crippen LogP contribution in [0.5, 0.6) is 0 Å². The van der Waals surface area contributed by atoms with Crippen LogP contribution in [0.15, 0.2) is 49.1 Å². The largest absolute Gasteiger partial charge is 0.416 e. The molecule has 1 aromatic carbocycles. The SMILES string of the molecule is O=C(c1cccc(C(F)(F)F)c1)c1cnn2ccncc12. The molecule has 0 spiro atoms. The minimum Gasteiger partial charge on any atom is -0.288 e. The molecule has 0 saturated heterocycles. The number of fused-ring (bicyclic) bond motifs is 1. The Balaban J connectivity index is 2.07. The van der Waals surface area contributed by atoms with Crippen LogP contribution in [0.2, 0.25) is 0 Å². The molecular weight excluding hydrogens is 283 g/mol. The van der Waals surface area contributed by atoms with E-state index in [0.29, 0.717) is 5.52 Å². The average molecular weight is 291 g/mol. The molecule has 4 nitrogen and oxygen atoms in total. The van der Waals surface area contributed by atoms with Crippen LogP contribution in [0.3, 0.4) is 0 Å². The number of hydrogen-bond donors (Lipinski definition) is 0. The van der Waals surface area contributed by atoms with Crippen molar-refractivity contribution in [2.24, 2.45) is 0 Å². The first-order valence-corrected chi connectivity index (χ1v) is 5.96. The molecule has 0 saturated carbocycles. The van der Waals surface area contributed by atoms with Gasteiger partial charge in [-0.25, -0.2) is 4.52 Å². The Morgan fingerprint density at radius 1 is 1.19 bits per heavy atom. The minimum absolute atomic E-state index is 0.0384. The second-order valence-electron chi connectivity index (χ2n) is 4.37. The van der Waals surface area contributed by atoms with Gasteiger partial charge >= 0.3 is 6.18 Å². The number of hydrogen-bond acceptors (Lipinski definition) is 3. The maximum absolute atomic E-state index is 12.7. The van der Waals surface area contributed by atoms with Crippen molar-refractivity contribution in [3.8, 4) is 0 Å². The molecule has 3 aromatic rings. The van der Waals surface area contributed by atoms with Crippen molar-refractivity contribution in [1.29, 1.82) is 0 Å². The van der Waals surface area contributed by atoms with Gasteiger partial charge in [0.15, 0.2) is 5.78 Å². The van der Waals surface area contributed by atoms with Gasteiger partial charge in [0.2, 0.25) is 0 Å². The van der Waals surface area contributed by atoms with Crippen LogP contribution in [0.4, 0.5) is 13.2 Å². The van der Waals surface area contributed by atoms with Crippen LogP contribution >= 0.6 is 0 Å². The predicted molar refractivity (Wildman–Crippen MR) is 67.9 cm³/mol. The van der Waals surface area contributed by atoms with Gasteiger partial charge in [-0.3, -0.25) is 9.78 Å². The van der Waals surface area contributed by atoms with E-state index in [-0.39, 0.29) is 11.1 Å². The van der Waals surface area contributed by atoms with E-state index < -0.39 is 17.5 Å². The first kappa shape index (κ1) is 13.3. The van der Waals surface area contributed by atoms with Crippen LogP contribution in [0.1, 0.15) is 21.5 Å². The molecule has 0 aliphatic carbocycles. The van der Waals surface area contributed by atoms with Gasteiger partial charge < -0.3 is 0 Å². The number of carbonyl (C=O) groups is 1. The van der Waals surface area contributed by atoms with E-state index in [9.17, 15) is 18.0 Å². The fourth-order valence-corrected chi connectivity index (χ4v) is 2.00. The van der Waals surface area contributed by atoms with Crippen LogP contribution in [0, 0.1) is 0 Å². The summed E-state index contributed by atoms with van der Waals surface area (Å²) in [7, 11) is 0. The maximum atomic E-state index is 12.7.